The van der Waals surface area contributed by atoms with Crippen LogP contribution in [0.5, 0.6) is 0 Å². The largest absolute Gasteiger partial charge is 0.461 e. The van der Waals surface area contributed by atoms with Crippen molar-refractivity contribution in [1.29, 1.82) is 0 Å². The molecule has 0 saturated heterocycles. The van der Waals surface area contributed by atoms with Crippen LogP contribution in [0.4, 0.5) is 0 Å². The van der Waals surface area contributed by atoms with Gasteiger partial charge in [0, 0.05) is 38.4 Å². The highest BCUT2D eigenvalue weighted by Gasteiger charge is 2.21. The van der Waals surface area contributed by atoms with Crippen LogP contribution in [0, 0.1) is 0 Å². The van der Waals surface area contributed by atoms with Crippen molar-refractivity contribution in [3.63, 3.8) is 0 Å². The Morgan fingerprint density at radius 2 is 1.30 bits per heavy atom. The van der Waals surface area contributed by atoms with Crippen LogP contribution in [0.2, 0.25) is 0 Å². The van der Waals surface area contributed by atoms with Gasteiger partial charge in [-0.3, -0.25) is 4.79 Å². The zero-order valence-corrected chi connectivity index (χ0v) is 20.8. The summed E-state index contributed by atoms with van der Waals surface area (Å²) < 4.78 is 15.6. The first-order chi connectivity index (χ1) is 14.2. The van der Waals surface area contributed by atoms with E-state index in [1.165, 1.54) is 6.92 Å². The third-order valence-electron chi connectivity index (χ3n) is 3.60. The van der Waals surface area contributed by atoms with Crippen LogP contribution in [0.25, 0.3) is 0 Å². The summed E-state index contributed by atoms with van der Waals surface area (Å²) in [5.41, 5.74) is 0. The van der Waals surface area contributed by atoms with Crippen LogP contribution in [-0.2, 0) is 33.5 Å². The summed E-state index contributed by atoms with van der Waals surface area (Å²) in [6.07, 6.45) is -0.951. The molecule has 12 heteroatoms. The van der Waals surface area contributed by atoms with Crippen LogP contribution in [0.3, 0.4) is 0 Å². The monoisotopic (exact) mass is 484 g/mol. The Kier molecular flexibility index (Phi) is 15.8. The van der Waals surface area contributed by atoms with Gasteiger partial charge in [-0.1, -0.05) is 11.8 Å². The summed E-state index contributed by atoms with van der Waals surface area (Å²) in [5.74, 6) is -1.13. The molecule has 0 bridgehead atoms. The van der Waals surface area contributed by atoms with Gasteiger partial charge in [0.05, 0.1) is 0 Å². The lowest BCUT2D eigenvalue weighted by atomic mass is 10.4. The first-order valence-electron chi connectivity index (χ1n) is 9.78. The molecule has 0 spiro atoms. The number of hydrogen-bond donors (Lipinski definition) is 0. The van der Waals surface area contributed by atoms with Crippen molar-refractivity contribution >= 4 is 57.8 Å². The molecule has 0 saturated carbocycles. The molecule has 0 aromatic carbocycles. The van der Waals surface area contributed by atoms with Gasteiger partial charge in [-0.05, 0) is 53.8 Å². The van der Waals surface area contributed by atoms with E-state index in [-0.39, 0.29) is 22.8 Å². The summed E-state index contributed by atoms with van der Waals surface area (Å²) in [7, 11) is 0. The molecule has 2 unspecified atom stereocenters. The molecule has 0 aromatic heterocycles. The van der Waals surface area contributed by atoms with Crippen molar-refractivity contribution < 1.29 is 33.5 Å². The average Bonchev–Trinajstić information content (AvgIpc) is 2.72. The minimum absolute atomic E-state index is 0.0910. The SMILES string of the molecule is CCN(CC)OC(=S)OC(C)C(=O)OCCOC(=O)C(C)SC(=S)ON(CC)CC. The van der Waals surface area contributed by atoms with Gasteiger partial charge in [-0.25, -0.2) is 4.79 Å². The molecule has 2 atom stereocenters. The molecule has 0 amide bonds. The van der Waals surface area contributed by atoms with E-state index in [9.17, 15) is 9.59 Å². The lowest BCUT2D eigenvalue weighted by Gasteiger charge is -2.20. The van der Waals surface area contributed by atoms with Crippen molar-refractivity contribution in [1.82, 2.24) is 10.1 Å². The van der Waals surface area contributed by atoms with Crippen LogP contribution < -0.4 is 0 Å². The van der Waals surface area contributed by atoms with E-state index in [0.29, 0.717) is 26.2 Å². The van der Waals surface area contributed by atoms with Gasteiger partial charge >= 0.3 is 17.2 Å². The second-order valence-corrected chi connectivity index (χ2v) is 8.04. The fraction of sp³-hybridized carbons (Fsp3) is 0.778. The van der Waals surface area contributed by atoms with Gasteiger partial charge in [0.15, 0.2) is 6.10 Å². The minimum atomic E-state index is -0.951. The fourth-order valence-corrected chi connectivity index (χ4v) is 3.25. The molecule has 30 heavy (non-hydrogen) atoms. The quantitative estimate of drug-likeness (QED) is 0.167. The lowest BCUT2D eigenvalue weighted by Crippen LogP contribution is -2.32. The number of esters is 2. The summed E-state index contributed by atoms with van der Waals surface area (Å²) in [6, 6.07) is 0. The van der Waals surface area contributed by atoms with E-state index in [1.54, 1.807) is 17.1 Å². The standard InChI is InChI=1S/C18H32N2O7S3/c1-7-19(8-2)26-17(28)25-13(5)15(21)23-11-12-24-16(22)14(6)30-18(29)27-20(9-3)10-4/h13-14H,7-12H2,1-6H3. The maximum atomic E-state index is 12.0. The molecule has 0 heterocycles. The molecule has 9 nitrogen and oxygen atoms in total. The smallest absolute Gasteiger partial charge is 0.372 e. The highest BCUT2D eigenvalue weighted by Crippen LogP contribution is 2.16. The van der Waals surface area contributed by atoms with Gasteiger partial charge in [-0.15, -0.1) is 10.1 Å². The van der Waals surface area contributed by atoms with Crippen LogP contribution >= 0.6 is 36.2 Å². The molecule has 0 radical (unpaired) electrons. The van der Waals surface area contributed by atoms with Crippen molar-refractivity contribution in [2.75, 3.05) is 39.4 Å². The number of nitrogens with zero attached hydrogens (tertiary/aromatic N) is 2. The molecular formula is C18H32N2O7S3. The third-order valence-corrected chi connectivity index (χ3v) is 4.95. The van der Waals surface area contributed by atoms with Crippen molar-refractivity contribution in [3.8, 4) is 0 Å². The third kappa shape index (κ3) is 12.5. The summed E-state index contributed by atoms with van der Waals surface area (Å²) in [6.45, 7) is 13.2. The molecule has 0 aliphatic rings. The van der Waals surface area contributed by atoms with Gasteiger partial charge < -0.3 is 23.9 Å². The van der Waals surface area contributed by atoms with E-state index >= 15 is 0 Å². The van der Waals surface area contributed by atoms with Gasteiger partial charge in [0.2, 0.25) is 4.38 Å². The van der Waals surface area contributed by atoms with Gasteiger partial charge in [0.1, 0.15) is 18.5 Å². The Labute approximate surface area is 193 Å². The number of carbonyl (C=O) groups is 2. The highest BCUT2D eigenvalue weighted by atomic mass is 32.2. The average molecular weight is 485 g/mol. The number of rotatable bonds is 13. The summed E-state index contributed by atoms with van der Waals surface area (Å²) in [4.78, 5) is 34.6. The molecule has 0 fully saturated rings. The Morgan fingerprint density at radius 1 is 0.833 bits per heavy atom. The molecule has 174 valence electrons. The second kappa shape index (κ2) is 16.5. The Hall–Kier alpha value is -1.21. The first-order valence-corrected chi connectivity index (χ1v) is 11.5. The second-order valence-electron chi connectivity index (χ2n) is 5.77. The Balaban J connectivity index is 4.13. The lowest BCUT2D eigenvalue weighted by molar-refractivity contribution is -0.159. The summed E-state index contributed by atoms with van der Waals surface area (Å²) >= 11 is 11.1. The molecular weight excluding hydrogens is 452 g/mol. The van der Waals surface area contributed by atoms with Gasteiger partial charge in [-0.2, -0.15) is 0 Å². The number of thiocarbonyl (C=S) groups is 2. The van der Waals surface area contributed by atoms with Gasteiger partial charge in [0.25, 0.3) is 0 Å². The first kappa shape index (κ1) is 28.8. The maximum Gasteiger partial charge on any atom is 0.372 e. The number of hydrogen-bond acceptors (Lipinski definition) is 12. The van der Waals surface area contributed by atoms with E-state index in [1.807, 2.05) is 27.7 Å². The highest BCUT2D eigenvalue weighted by molar-refractivity contribution is 8.23. The molecule has 0 N–H and O–H groups in total. The van der Waals surface area contributed by atoms with Crippen molar-refractivity contribution in [2.24, 2.45) is 0 Å². The van der Waals surface area contributed by atoms with Crippen LogP contribution in [0.1, 0.15) is 41.5 Å². The number of carbonyl (C=O) groups excluding carboxylic acids is 2. The van der Waals surface area contributed by atoms with Crippen molar-refractivity contribution in [2.45, 2.75) is 52.9 Å². The Morgan fingerprint density at radius 3 is 1.80 bits per heavy atom. The predicted molar refractivity (Wildman–Crippen MR) is 123 cm³/mol. The van der Waals surface area contributed by atoms with E-state index in [2.05, 4.69) is 0 Å². The van der Waals surface area contributed by atoms with Crippen LogP contribution in [-0.4, -0.2) is 82.4 Å². The number of ether oxygens (including phenoxy) is 3. The fourth-order valence-electron chi connectivity index (χ4n) is 1.86. The normalized spacial score (nSPS) is 12.8. The maximum absolute atomic E-state index is 12.0. The summed E-state index contributed by atoms with van der Waals surface area (Å²) in [5, 5.41) is 2.54. The van der Waals surface area contributed by atoms with Crippen molar-refractivity contribution in [3.05, 3.63) is 0 Å². The number of thioether (sulfide) groups is 1. The number of hydroxylamine groups is 4. The minimum Gasteiger partial charge on any atom is -0.461 e. The molecule has 0 aliphatic carbocycles. The molecule has 0 aliphatic heterocycles. The van der Waals surface area contributed by atoms with E-state index < -0.39 is 23.3 Å². The molecule has 0 aromatic rings. The molecule has 0 rings (SSSR count). The van der Waals surface area contributed by atoms with Crippen LogP contribution in [0.15, 0.2) is 0 Å². The topological polar surface area (TPSA) is 86.8 Å². The van der Waals surface area contributed by atoms with E-state index in [4.69, 9.17) is 48.3 Å². The Bertz CT molecular complexity index is 510. The zero-order valence-electron chi connectivity index (χ0n) is 18.4. The zero-order chi connectivity index (χ0) is 23.1. The van der Waals surface area contributed by atoms with E-state index in [0.717, 1.165) is 11.8 Å². The predicted octanol–water partition coefficient (Wildman–Crippen LogP) is 2.72.